The lowest BCUT2D eigenvalue weighted by molar-refractivity contribution is 0.491. The number of nitrogens with zero attached hydrogens (tertiary/aromatic N) is 3. The van der Waals surface area contributed by atoms with Gasteiger partial charge in [0.25, 0.3) is 5.89 Å². The predicted molar refractivity (Wildman–Crippen MR) is 64.8 cm³/mol. The summed E-state index contributed by atoms with van der Waals surface area (Å²) >= 11 is 1.51. The van der Waals surface area contributed by atoms with Gasteiger partial charge in [-0.1, -0.05) is 0 Å². The molecule has 2 aromatic rings. The van der Waals surface area contributed by atoms with Gasteiger partial charge >= 0.3 is 0 Å². The standard InChI is InChI=1S/C11H14N4OS/c1(5-13-8-3-4-8)2-10-14-15-11(16-10)9-6-12-7-17-9/h6-8,13H,1-5H2. The van der Waals surface area contributed by atoms with Gasteiger partial charge in [0.2, 0.25) is 5.89 Å². The minimum atomic E-state index is 0.581. The van der Waals surface area contributed by atoms with E-state index in [4.69, 9.17) is 4.42 Å². The summed E-state index contributed by atoms with van der Waals surface area (Å²) in [5, 5.41) is 11.5. The lowest BCUT2D eigenvalue weighted by Crippen LogP contribution is -2.17. The largest absolute Gasteiger partial charge is 0.420 e. The second-order valence-corrected chi connectivity index (χ2v) is 5.08. The van der Waals surface area contributed by atoms with Gasteiger partial charge in [-0.25, -0.2) is 0 Å². The van der Waals surface area contributed by atoms with Crippen LogP contribution >= 0.6 is 11.3 Å². The minimum Gasteiger partial charge on any atom is -0.420 e. The molecular weight excluding hydrogens is 236 g/mol. The number of nitrogens with one attached hydrogen (secondary N) is 1. The van der Waals surface area contributed by atoms with E-state index in [0.29, 0.717) is 11.8 Å². The van der Waals surface area contributed by atoms with Crippen molar-refractivity contribution in [3.8, 4) is 10.8 Å². The van der Waals surface area contributed by atoms with Crippen molar-refractivity contribution >= 4 is 11.3 Å². The van der Waals surface area contributed by atoms with Gasteiger partial charge in [0.05, 0.1) is 11.7 Å². The molecule has 0 atom stereocenters. The number of rotatable bonds is 6. The summed E-state index contributed by atoms with van der Waals surface area (Å²) in [5.41, 5.74) is 1.76. The molecule has 17 heavy (non-hydrogen) atoms. The molecule has 1 fully saturated rings. The maximum Gasteiger partial charge on any atom is 0.259 e. The fourth-order valence-corrected chi connectivity index (χ4v) is 2.15. The average molecular weight is 250 g/mol. The molecule has 5 nitrogen and oxygen atoms in total. The van der Waals surface area contributed by atoms with E-state index in [1.807, 2.05) is 0 Å². The van der Waals surface area contributed by atoms with E-state index in [9.17, 15) is 0 Å². The van der Waals surface area contributed by atoms with Crippen molar-refractivity contribution in [2.24, 2.45) is 0 Å². The van der Waals surface area contributed by atoms with E-state index < -0.39 is 0 Å². The SMILES string of the molecule is c1ncc(-c2nnc(CCCNC3CC3)o2)s1. The van der Waals surface area contributed by atoms with Crippen LogP contribution in [0.15, 0.2) is 16.1 Å². The molecule has 0 unspecified atom stereocenters. The van der Waals surface area contributed by atoms with Gasteiger partial charge in [-0.15, -0.1) is 21.5 Å². The van der Waals surface area contributed by atoms with Crippen LogP contribution in [0.4, 0.5) is 0 Å². The summed E-state index contributed by atoms with van der Waals surface area (Å²) in [4.78, 5) is 4.92. The fourth-order valence-electron chi connectivity index (χ4n) is 1.61. The highest BCUT2D eigenvalue weighted by molar-refractivity contribution is 7.13. The summed E-state index contributed by atoms with van der Waals surface area (Å²) in [6.07, 6.45) is 6.29. The van der Waals surface area contributed by atoms with E-state index in [0.717, 1.165) is 30.3 Å². The zero-order chi connectivity index (χ0) is 11.5. The van der Waals surface area contributed by atoms with Crippen molar-refractivity contribution in [1.82, 2.24) is 20.5 Å². The molecule has 0 saturated heterocycles. The number of aryl methyl sites for hydroxylation is 1. The van der Waals surface area contributed by atoms with Crippen LogP contribution in [0.1, 0.15) is 25.2 Å². The van der Waals surface area contributed by atoms with Gasteiger partial charge in [-0.05, 0) is 25.8 Å². The molecule has 0 spiro atoms. The summed E-state index contributed by atoms with van der Waals surface area (Å²) in [7, 11) is 0. The maximum atomic E-state index is 5.57. The second-order valence-electron chi connectivity index (χ2n) is 4.20. The third-order valence-corrected chi connectivity index (χ3v) is 3.45. The molecule has 6 heteroatoms. The Bertz CT molecular complexity index is 464. The minimum absolute atomic E-state index is 0.581. The second kappa shape index (κ2) is 4.93. The highest BCUT2D eigenvalue weighted by Gasteiger charge is 2.19. The molecule has 0 aromatic carbocycles. The van der Waals surface area contributed by atoms with Gasteiger partial charge in [-0.2, -0.15) is 0 Å². The van der Waals surface area contributed by atoms with Crippen molar-refractivity contribution in [2.45, 2.75) is 31.7 Å². The van der Waals surface area contributed by atoms with Crippen molar-refractivity contribution < 1.29 is 4.42 Å². The van der Waals surface area contributed by atoms with Crippen molar-refractivity contribution in [3.05, 3.63) is 17.6 Å². The Morgan fingerprint density at radius 2 is 2.35 bits per heavy atom. The van der Waals surface area contributed by atoms with Crippen LogP contribution in [0.3, 0.4) is 0 Å². The predicted octanol–water partition coefficient (Wildman–Crippen LogP) is 1.88. The van der Waals surface area contributed by atoms with Crippen molar-refractivity contribution in [1.29, 1.82) is 0 Å². The van der Waals surface area contributed by atoms with Crippen molar-refractivity contribution in [3.63, 3.8) is 0 Å². The van der Waals surface area contributed by atoms with Crippen LogP contribution in [0.5, 0.6) is 0 Å². The highest BCUT2D eigenvalue weighted by atomic mass is 32.1. The highest BCUT2D eigenvalue weighted by Crippen LogP contribution is 2.22. The summed E-state index contributed by atoms with van der Waals surface area (Å²) < 4.78 is 5.57. The Morgan fingerprint density at radius 1 is 1.41 bits per heavy atom. The lowest BCUT2D eigenvalue weighted by atomic mass is 10.3. The first-order valence-corrected chi connectivity index (χ1v) is 6.74. The molecule has 1 N–H and O–H groups in total. The molecule has 3 rings (SSSR count). The first kappa shape index (κ1) is 10.9. The van der Waals surface area contributed by atoms with E-state index >= 15 is 0 Å². The molecule has 0 amide bonds. The molecule has 1 aliphatic rings. The zero-order valence-electron chi connectivity index (χ0n) is 9.43. The number of thiazole rings is 1. The Labute approximate surface area is 103 Å². The number of hydrogen-bond donors (Lipinski definition) is 1. The normalized spacial score (nSPS) is 15.3. The molecule has 2 heterocycles. The van der Waals surface area contributed by atoms with Crippen LogP contribution in [0, 0.1) is 0 Å². The summed E-state index contributed by atoms with van der Waals surface area (Å²) in [5.74, 6) is 1.30. The number of hydrogen-bond acceptors (Lipinski definition) is 6. The first-order valence-electron chi connectivity index (χ1n) is 5.86. The average Bonchev–Trinajstić information content (AvgIpc) is 2.84. The molecule has 0 bridgehead atoms. The lowest BCUT2D eigenvalue weighted by Gasteiger charge is -1.99. The van der Waals surface area contributed by atoms with Gasteiger partial charge < -0.3 is 9.73 Å². The quantitative estimate of drug-likeness (QED) is 0.793. The Kier molecular flexibility index (Phi) is 3.15. The molecule has 90 valence electrons. The molecule has 0 aliphatic heterocycles. The van der Waals surface area contributed by atoms with Crippen LogP contribution in [0.25, 0.3) is 10.8 Å². The molecular formula is C11H14N4OS. The monoisotopic (exact) mass is 250 g/mol. The van der Waals surface area contributed by atoms with Gasteiger partial charge in [0.15, 0.2) is 0 Å². The smallest absolute Gasteiger partial charge is 0.259 e. The van der Waals surface area contributed by atoms with Crippen LogP contribution in [0.2, 0.25) is 0 Å². The maximum absolute atomic E-state index is 5.57. The van der Waals surface area contributed by atoms with E-state index in [1.165, 1.54) is 24.2 Å². The first-order chi connectivity index (χ1) is 8.42. The Balaban J connectivity index is 1.50. The summed E-state index contributed by atoms with van der Waals surface area (Å²) in [6.45, 7) is 1.03. The molecule has 0 radical (unpaired) electrons. The van der Waals surface area contributed by atoms with Crippen molar-refractivity contribution in [2.75, 3.05) is 6.54 Å². The molecule has 1 saturated carbocycles. The van der Waals surface area contributed by atoms with Gasteiger partial charge in [-0.3, -0.25) is 4.98 Å². The molecule has 2 aromatic heterocycles. The zero-order valence-corrected chi connectivity index (χ0v) is 10.2. The topological polar surface area (TPSA) is 63.8 Å². The van der Waals surface area contributed by atoms with Crippen LogP contribution < -0.4 is 5.32 Å². The van der Waals surface area contributed by atoms with Crippen LogP contribution in [-0.2, 0) is 6.42 Å². The third-order valence-electron chi connectivity index (χ3n) is 2.69. The van der Waals surface area contributed by atoms with Gasteiger partial charge in [0, 0.05) is 12.5 Å². The van der Waals surface area contributed by atoms with E-state index in [-0.39, 0.29) is 0 Å². The number of aromatic nitrogens is 3. The Hall–Kier alpha value is -1.27. The molecule has 1 aliphatic carbocycles. The van der Waals surface area contributed by atoms with Gasteiger partial charge in [0.1, 0.15) is 4.88 Å². The van der Waals surface area contributed by atoms with E-state index in [2.05, 4.69) is 20.5 Å². The fraction of sp³-hybridized carbons (Fsp3) is 0.545. The Morgan fingerprint density at radius 3 is 3.12 bits per heavy atom. The van der Waals surface area contributed by atoms with E-state index in [1.54, 1.807) is 11.7 Å². The third kappa shape index (κ3) is 2.89. The van der Waals surface area contributed by atoms with Crippen LogP contribution in [-0.4, -0.2) is 27.8 Å². The summed E-state index contributed by atoms with van der Waals surface area (Å²) in [6, 6.07) is 0.769.